The fourth-order valence-electron chi connectivity index (χ4n) is 3.05. The molecule has 1 aliphatic heterocycles. The minimum atomic E-state index is -0.205. The van der Waals surface area contributed by atoms with Crippen molar-refractivity contribution in [3.8, 4) is 6.07 Å². The van der Waals surface area contributed by atoms with Crippen LogP contribution in [0.5, 0.6) is 0 Å². The van der Waals surface area contributed by atoms with Crippen LogP contribution in [0.4, 0.5) is 17.1 Å². The number of nitrogens with zero attached hydrogens (tertiary/aromatic N) is 3. The Morgan fingerprint density at radius 3 is 2.23 bits per heavy atom. The SMILES string of the molecule is N#C/C(=C/N(c1ccccc1)c1ccc(N)cc1)C(=O)N1CCCCC1. The molecule has 0 atom stereocenters. The Morgan fingerprint density at radius 1 is 1.00 bits per heavy atom. The first-order valence-electron chi connectivity index (χ1n) is 8.80. The molecule has 1 aliphatic rings. The molecule has 0 spiro atoms. The maximum absolute atomic E-state index is 12.8. The number of hydrogen-bond acceptors (Lipinski definition) is 4. The van der Waals surface area contributed by atoms with Gasteiger partial charge in [0, 0.05) is 36.4 Å². The average Bonchev–Trinajstić information content (AvgIpc) is 2.71. The van der Waals surface area contributed by atoms with Crippen molar-refractivity contribution in [2.45, 2.75) is 19.3 Å². The van der Waals surface area contributed by atoms with Crippen molar-refractivity contribution < 1.29 is 4.79 Å². The molecule has 5 heteroatoms. The highest BCUT2D eigenvalue weighted by Gasteiger charge is 2.21. The summed E-state index contributed by atoms with van der Waals surface area (Å²) in [6.45, 7) is 1.43. The molecule has 1 fully saturated rings. The highest BCUT2D eigenvalue weighted by atomic mass is 16.2. The quantitative estimate of drug-likeness (QED) is 0.519. The van der Waals surface area contributed by atoms with Crippen LogP contribution in [0.3, 0.4) is 0 Å². The molecule has 1 amide bonds. The second-order valence-electron chi connectivity index (χ2n) is 6.30. The zero-order valence-corrected chi connectivity index (χ0v) is 14.6. The summed E-state index contributed by atoms with van der Waals surface area (Å²) in [5.41, 5.74) is 8.30. The van der Waals surface area contributed by atoms with Crippen LogP contribution in [-0.2, 0) is 4.79 Å². The summed E-state index contributed by atoms with van der Waals surface area (Å²) in [4.78, 5) is 16.4. The van der Waals surface area contributed by atoms with Crippen molar-refractivity contribution in [2.75, 3.05) is 23.7 Å². The van der Waals surface area contributed by atoms with Crippen LogP contribution in [0, 0.1) is 11.3 Å². The predicted octanol–water partition coefficient (Wildman–Crippen LogP) is 3.83. The molecule has 2 aromatic rings. The van der Waals surface area contributed by atoms with Crippen LogP contribution in [0.15, 0.2) is 66.4 Å². The molecule has 1 heterocycles. The third kappa shape index (κ3) is 4.04. The van der Waals surface area contributed by atoms with Gasteiger partial charge in [-0.1, -0.05) is 18.2 Å². The Hall–Kier alpha value is -3.26. The molecule has 0 unspecified atom stereocenters. The van der Waals surface area contributed by atoms with Crippen molar-refractivity contribution in [3.63, 3.8) is 0 Å². The molecule has 0 aromatic heterocycles. The van der Waals surface area contributed by atoms with Crippen molar-refractivity contribution in [3.05, 3.63) is 66.4 Å². The van der Waals surface area contributed by atoms with Gasteiger partial charge in [0.2, 0.25) is 0 Å². The van der Waals surface area contributed by atoms with Gasteiger partial charge < -0.3 is 15.5 Å². The number of anilines is 3. The van der Waals surface area contributed by atoms with Gasteiger partial charge in [-0.25, -0.2) is 0 Å². The number of carbonyl (C=O) groups is 1. The predicted molar refractivity (Wildman–Crippen MR) is 104 cm³/mol. The topological polar surface area (TPSA) is 73.4 Å². The van der Waals surface area contributed by atoms with Crippen LogP contribution in [0.25, 0.3) is 0 Å². The number of nitriles is 1. The molecule has 0 radical (unpaired) electrons. The van der Waals surface area contributed by atoms with Crippen LogP contribution in [0.1, 0.15) is 19.3 Å². The van der Waals surface area contributed by atoms with E-state index in [-0.39, 0.29) is 11.5 Å². The summed E-state index contributed by atoms with van der Waals surface area (Å²) in [5.74, 6) is -0.205. The number of nitrogens with two attached hydrogens (primary N) is 1. The second kappa shape index (κ2) is 8.21. The third-order valence-electron chi connectivity index (χ3n) is 4.46. The van der Waals surface area contributed by atoms with Crippen LogP contribution >= 0.6 is 0 Å². The number of likely N-dealkylation sites (tertiary alicyclic amines) is 1. The molecular weight excluding hydrogens is 324 g/mol. The van der Waals surface area contributed by atoms with E-state index in [1.54, 1.807) is 23.2 Å². The molecule has 0 aliphatic carbocycles. The van der Waals surface area contributed by atoms with Gasteiger partial charge >= 0.3 is 0 Å². The van der Waals surface area contributed by atoms with Gasteiger partial charge in [0.25, 0.3) is 5.91 Å². The summed E-state index contributed by atoms with van der Waals surface area (Å²) in [6, 6.07) is 19.1. The number of rotatable bonds is 4. The zero-order chi connectivity index (χ0) is 18.4. The van der Waals surface area contributed by atoms with Gasteiger partial charge in [0.1, 0.15) is 11.6 Å². The summed E-state index contributed by atoms with van der Waals surface area (Å²) in [7, 11) is 0. The van der Waals surface area contributed by atoms with E-state index in [4.69, 9.17) is 5.73 Å². The lowest BCUT2D eigenvalue weighted by molar-refractivity contribution is -0.127. The first kappa shape index (κ1) is 17.6. The lowest BCUT2D eigenvalue weighted by atomic mass is 10.1. The normalized spacial score (nSPS) is 14.6. The number of benzene rings is 2. The molecule has 2 aromatic carbocycles. The van der Waals surface area contributed by atoms with E-state index in [9.17, 15) is 10.1 Å². The average molecular weight is 346 g/mol. The number of nitrogen functional groups attached to an aromatic ring is 1. The Balaban J connectivity index is 1.97. The third-order valence-corrected chi connectivity index (χ3v) is 4.46. The second-order valence-corrected chi connectivity index (χ2v) is 6.30. The minimum absolute atomic E-state index is 0.132. The molecule has 1 saturated heterocycles. The maximum atomic E-state index is 12.8. The first-order valence-corrected chi connectivity index (χ1v) is 8.80. The van der Waals surface area contributed by atoms with Crippen LogP contribution in [-0.4, -0.2) is 23.9 Å². The molecule has 132 valence electrons. The molecule has 0 saturated carbocycles. The van der Waals surface area contributed by atoms with E-state index in [0.29, 0.717) is 18.8 Å². The van der Waals surface area contributed by atoms with Crippen LogP contribution in [0.2, 0.25) is 0 Å². The lowest BCUT2D eigenvalue weighted by Gasteiger charge is -2.27. The zero-order valence-electron chi connectivity index (χ0n) is 14.6. The number of piperidine rings is 1. The molecular formula is C21H22N4O. The van der Waals surface area contributed by atoms with Crippen molar-refractivity contribution in [1.82, 2.24) is 4.90 Å². The monoisotopic (exact) mass is 346 g/mol. The van der Waals surface area contributed by atoms with E-state index in [1.165, 1.54) is 0 Å². The highest BCUT2D eigenvalue weighted by molar-refractivity contribution is 5.98. The Morgan fingerprint density at radius 2 is 1.62 bits per heavy atom. The van der Waals surface area contributed by atoms with Gasteiger partial charge in [-0.15, -0.1) is 0 Å². The standard InChI is InChI=1S/C21H22N4O/c22-15-17(21(26)24-13-5-2-6-14-24)16-25(19-7-3-1-4-8-19)20-11-9-18(23)10-12-20/h1,3-4,7-12,16H,2,5-6,13-14,23H2/b17-16-. The van der Waals surface area contributed by atoms with Crippen molar-refractivity contribution in [2.24, 2.45) is 0 Å². The number of carbonyl (C=O) groups excluding carboxylic acids is 1. The Kier molecular flexibility index (Phi) is 5.55. The molecule has 3 rings (SSSR count). The lowest BCUT2D eigenvalue weighted by Crippen LogP contribution is -2.36. The fraction of sp³-hybridized carbons (Fsp3) is 0.238. The summed E-state index contributed by atoms with van der Waals surface area (Å²) in [6.07, 6.45) is 4.74. The molecule has 26 heavy (non-hydrogen) atoms. The number of amides is 1. The maximum Gasteiger partial charge on any atom is 0.266 e. The number of hydrogen-bond donors (Lipinski definition) is 1. The summed E-state index contributed by atoms with van der Waals surface area (Å²) in [5, 5.41) is 9.60. The van der Waals surface area contributed by atoms with Crippen LogP contribution < -0.4 is 10.6 Å². The van der Waals surface area contributed by atoms with Gasteiger partial charge in [0.15, 0.2) is 0 Å². The molecule has 0 bridgehead atoms. The molecule has 2 N–H and O–H groups in total. The van der Waals surface area contributed by atoms with Crippen molar-refractivity contribution >= 4 is 23.0 Å². The van der Waals surface area contributed by atoms with E-state index in [1.807, 2.05) is 47.4 Å². The fourth-order valence-corrected chi connectivity index (χ4v) is 3.05. The Bertz CT molecular complexity index is 815. The summed E-state index contributed by atoms with van der Waals surface area (Å²) >= 11 is 0. The number of para-hydroxylation sites is 1. The van der Waals surface area contributed by atoms with Gasteiger partial charge in [0.05, 0.1) is 0 Å². The van der Waals surface area contributed by atoms with E-state index >= 15 is 0 Å². The van der Waals surface area contributed by atoms with E-state index in [0.717, 1.165) is 30.6 Å². The molecule has 5 nitrogen and oxygen atoms in total. The highest BCUT2D eigenvalue weighted by Crippen LogP contribution is 2.27. The van der Waals surface area contributed by atoms with Gasteiger partial charge in [-0.2, -0.15) is 5.26 Å². The van der Waals surface area contributed by atoms with Crippen molar-refractivity contribution in [1.29, 1.82) is 5.26 Å². The van der Waals surface area contributed by atoms with E-state index in [2.05, 4.69) is 6.07 Å². The van der Waals surface area contributed by atoms with Gasteiger partial charge in [-0.3, -0.25) is 4.79 Å². The van der Waals surface area contributed by atoms with E-state index < -0.39 is 0 Å². The smallest absolute Gasteiger partial charge is 0.266 e. The summed E-state index contributed by atoms with van der Waals surface area (Å²) < 4.78 is 0. The Labute approximate surface area is 153 Å². The first-order chi connectivity index (χ1) is 12.7. The minimum Gasteiger partial charge on any atom is -0.399 e. The van der Waals surface area contributed by atoms with Gasteiger partial charge in [-0.05, 0) is 55.7 Å². The largest absolute Gasteiger partial charge is 0.399 e.